The van der Waals surface area contributed by atoms with Crippen LogP contribution in [0.5, 0.6) is 0 Å². The van der Waals surface area contributed by atoms with Gasteiger partial charge in [-0.25, -0.2) is 0 Å². The molecule has 0 heterocycles. The molecule has 1 aromatic rings. The zero-order valence-corrected chi connectivity index (χ0v) is 10.8. The van der Waals surface area contributed by atoms with Gasteiger partial charge in [0.05, 0.1) is 16.8 Å². The molecule has 1 atom stereocenters. The summed E-state index contributed by atoms with van der Waals surface area (Å²) in [5.41, 5.74) is -0.355. The van der Waals surface area contributed by atoms with E-state index in [0.29, 0.717) is 10.7 Å². The van der Waals surface area contributed by atoms with Gasteiger partial charge in [0.2, 0.25) is 0 Å². The number of halogens is 1. The van der Waals surface area contributed by atoms with Gasteiger partial charge in [-0.05, 0) is 19.1 Å². The maximum absolute atomic E-state index is 9.25. The Balaban J connectivity index is 2.98. The van der Waals surface area contributed by atoms with Gasteiger partial charge in [0.1, 0.15) is 0 Å². The summed E-state index contributed by atoms with van der Waals surface area (Å²) in [4.78, 5) is 0. The standard InChI is InChI=1S/C12H15ClN2O2/c1-12(8-14,11(16-2)17-3)15-10-7-5-4-6-9(10)13/h4-7,11,15H,1-3H3. The van der Waals surface area contributed by atoms with Crippen LogP contribution in [0.1, 0.15) is 6.92 Å². The van der Waals surface area contributed by atoms with Crippen LogP contribution < -0.4 is 5.32 Å². The smallest absolute Gasteiger partial charge is 0.193 e. The van der Waals surface area contributed by atoms with Crippen LogP contribution >= 0.6 is 11.6 Å². The van der Waals surface area contributed by atoms with E-state index in [-0.39, 0.29) is 0 Å². The van der Waals surface area contributed by atoms with E-state index in [0.717, 1.165) is 0 Å². The van der Waals surface area contributed by atoms with Gasteiger partial charge in [0.15, 0.2) is 11.8 Å². The minimum Gasteiger partial charge on any atom is -0.362 e. The first-order valence-corrected chi connectivity index (χ1v) is 5.44. The Morgan fingerprint density at radius 2 is 1.94 bits per heavy atom. The Bertz CT molecular complexity index is 415. The number of nitrogens with zero attached hydrogens (tertiary/aromatic N) is 1. The lowest BCUT2D eigenvalue weighted by molar-refractivity contribution is -0.124. The van der Waals surface area contributed by atoms with Crippen LogP contribution in [0.2, 0.25) is 5.02 Å². The average Bonchev–Trinajstić information content (AvgIpc) is 2.33. The molecule has 1 aromatic carbocycles. The fourth-order valence-electron chi connectivity index (χ4n) is 1.55. The van der Waals surface area contributed by atoms with Crippen molar-refractivity contribution in [1.82, 2.24) is 0 Å². The van der Waals surface area contributed by atoms with Crippen LogP contribution in [-0.2, 0) is 9.47 Å². The van der Waals surface area contributed by atoms with Gasteiger partial charge < -0.3 is 14.8 Å². The van der Waals surface area contributed by atoms with Crippen LogP contribution in [0.3, 0.4) is 0 Å². The summed E-state index contributed by atoms with van der Waals surface area (Å²) in [6.07, 6.45) is -0.691. The van der Waals surface area contributed by atoms with Crippen molar-refractivity contribution >= 4 is 17.3 Å². The van der Waals surface area contributed by atoms with Gasteiger partial charge in [0, 0.05) is 14.2 Å². The molecule has 0 fully saturated rings. The topological polar surface area (TPSA) is 54.3 Å². The highest BCUT2D eigenvalue weighted by atomic mass is 35.5. The largest absolute Gasteiger partial charge is 0.362 e. The van der Waals surface area contributed by atoms with Crippen molar-refractivity contribution in [2.24, 2.45) is 0 Å². The fourth-order valence-corrected chi connectivity index (χ4v) is 1.73. The van der Waals surface area contributed by atoms with Crippen LogP contribution in [0, 0.1) is 11.3 Å². The van der Waals surface area contributed by atoms with Crippen LogP contribution in [-0.4, -0.2) is 26.0 Å². The number of rotatable bonds is 5. The molecule has 0 aromatic heterocycles. The third-order valence-electron chi connectivity index (χ3n) is 2.40. The van der Waals surface area contributed by atoms with E-state index in [2.05, 4.69) is 11.4 Å². The highest BCUT2D eigenvalue weighted by Crippen LogP contribution is 2.26. The van der Waals surface area contributed by atoms with E-state index >= 15 is 0 Å². The molecule has 0 amide bonds. The molecule has 5 heteroatoms. The van der Waals surface area contributed by atoms with Gasteiger partial charge >= 0.3 is 0 Å². The summed E-state index contributed by atoms with van der Waals surface area (Å²) in [6, 6.07) is 9.33. The lowest BCUT2D eigenvalue weighted by atomic mass is 10.0. The lowest BCUT2D eigenvalue weighted by Crippen LogP contribution is -2.47. The van der Waals surface area contributed by atoms with Crippen molar-refractivity contribution in [3.05, 3.63) is 29.3 Å². The zero-order valence-electron chi connectivity index (χ0n) is 10.0. The Kier molecular flexibility index (Phi) is 4.76. The van der Waals surface area contributed by atoms with Gasteiger partial charge in [-0.15, -0.1) is 0 Å². The molecule has 92 valence electrons. The molecule has 0 radical (unpaired) electrons. The molecule has 0 aliphatic carbocycles. The first-order chi connectivity index (χ1) is 8.07. The molecule has 0 aliphatic heterocycles. The third kappa shape index (κ3) is 3.10. The van der Waals surface area contributed by atoms with Crippen molar-refractivity contribution in [2.45, 2.75) is 18.8 Å². The van der Waals surface area contributed by atoms with Crippen molar-refractivity contribution in [2.75, 3.05) is 19.5 Å². The number of benzene rings is 1. The molecule has 0 spiro atoms. The Hall–Kier alpha value is -1.28. The molecular formula is C12H15ClN2O2. The fraction of sp³-hybridized carbons (Fsp3) is 0.417. The molecule has 4 nitrogen and oxygen atoms in total. The minimum atomic E-state index is -1.02. The minimum absolute atomic E-state index is 0.542. The molecule has 0 saturated carbocycles. The number of ether oxygens (including phenoxy) is 2. The zero-order chi connectivity index (χ0) is 12.9. The maximum Gasteiger partial charge on any atom is 0.193 e. The predicted octanol–water partition coefficient (Wildman–Crippen LogP) is 2.65. The maximum atomic E-state index is 9.25. The summed E-state index contributed by atoms with van der Waals surface area (Å²) in [5.74, 6) is 0. The highest BCUT2D eigenvalue weighted by molar-refractivity contribution is 6.33. The van der Waals surface area contributed by atoms with Gasteiger partial charge in [-0.1, -0.05) is 23.7 Å². The molecule has 0 bridgehead atoms. The van der Waals surface area contributed by atoms with Crippen molar-refractivity contribution in [1.29, 1.82) is 5.26 Å². The Morgan fingerprint density at radius 1 is 1.35 bits per heavy atom. The second kappa shape index (κ2) is 5.87. The molecular weight excluding hydrogens is 240 g/mol. The van der Waals surface area contributed by atoms with E-state index in [9.17, 15) is 5.26 Å². The monoisotopic (exact) mass is 254 g/mol. The molecule has 1 rings (SSSR count). The second-order valence-electron chi connectivity index (χ2n) is 3.72. The molecule has 1 unspecified atom stereocenters. The number of anilines is 1. The first kappa shape index (κ1) is 13.8. The summed E-state index contributed by atoms with van der Waals surface area (Å²) in [5, 5.41) is 12.8. The van der Waals surface area contributed by atoms with Crippen LogP contribution in [0.15, 0.2) is 24.3 Å². The van der Waals surface area contributed by atoms with Crippen molar-refractivity contribution < 1.29 is 9.47 Å². The van der Waals surface area contributed by atoms with E-state index in [4.69, 9.17) is 21.1 Å². The molecule has 0 saturated heterocycles. The Labute approximate surface area is 106 Å². The first-order valence-electron chi connectivity index (χ1n) is 5.07. The summed E-state index contributed by atoms with van der Waals surface area (Å²) in [7, 11) is 2.97. The predicted molar refractivity (Wildman–Crippen MR) is 66.9 cm³/mol. The van der Waals surface area contributed by atoms with E-state index in [1.807, 2.05) is 12.1 Å². The van der Waals surface area contributed by atoms with Crippen LogP contribution in [0.4, 0.5) is 5.69 Å². The molecule has 0 aliphatic rings. The third-order valence-corrected chi connectivity index (χ3v) is 2.73. The van der Waals surface area contributed by atoms with Gasteiger partial charge in [0.25, 0.3) is 0 Å². The van der Waals surface area contributed by atoms with Crippen LogP contribution in [0.25, 0.3) is 0 Å². The number of para-hydroxylation sites is 1. The number of hydrogen-bond acceptors (Lipinski definition) is 4. The van der Waals surface area contributed by atoms with Crippen molar-refractivity contribution in [3.8, 4) is 6.07 Å². The van der Waals surface area contributed by atoms with Crippen molar-refractivity contribution in [3.63, 3.8) is 0 Å². The normalized spacial score (nSPS) is 14.1. The summed E-state index contributed by atoms with van der Waals surface area (Å²) in [6.45, 7) is 1.69. The van der Waals surface area contributed by atoms with Gasteiger partial charge in [-0.3, -0.25) is 0 Å². The van der Waals surface area contributed by atoms with Gasteiger partial charge in [-0.2, -0.15) is 5.26 Å². The van der Waals surface area contributed by atoms with E-state index in [1.165, 1.54) is 14.2 Å². The average molecular weight is 255 g/mol. The van der Waals surface area contributed by atoms with E-state index in [1.54, 1.807) is 19.1 Å². The lowest BCUT2D eigenvalue weighted by Gasteiger charge is -2.31. The highest BCUT2D eigenvalue weighted by Gasteiger charge is 2.35. The molecule has 17 heavy (non-hydrogen) atoms. The molecule has 1 N–H and O–H groups in total. The summed E-state index contributed by atoms with van der Waals surface area (Å²) < 4.78 is 10.2. The SMILES string of the molecule is COC(OC)C(C)(C#N)Nc1ccccc1Cl. The summed E-state index contributed by atoms with van der Waals surface area (Å²) >= 11 is 6.02. The Morgan fingerprint density at radius 3 is 2.41 bits per heavy atom. The van der Waals surface area contributed by atoms with E-state index < -0.39 is 11.8 Å². The number of nitrogens with one attached hydrogen (secondary N) is 1. The second-order valence-corrected chi connectivity index (χ2v) is 4.13. The number of nitriles is 1. The quantitative estimate of drug-likeness (QED) is 0.821. The number of methoxy groups -OCH3 is 2. The number of hydrogen-bond donors (Lipinski definition) is 1.